The number of hydrogen-bond acceptors (Lipinski definition) is 2. The van der Waals surface area contributed by atoms with Crippen LogP contribution in [0.1, 0.15) is 31.7 Å². The summed E-state index contributed by atoms with van der Waals surface area (Å²) in [6.45, 7) is 4.15. The third kappa shape index (κ3) is 4.53. The zero-order valence-corrected chi connectivity index (χ0v) is 13.8. The Balaban J connectivity index is 2.02. The van der Waals surface area contributed by atoms with E-state index in [0.29, 0.717) is 38.3 Å². The van der Waals surface area contributed by atoms with Crippen LogP contribution in [-0.2, 0) is 11.0 Å². The number of nitrogens with zero attached hydrogens (tertiary/aromatic N) is 2. The fourth-order valence-electron chi connectivity index (χ4n) is 2.63. The van der Waals surface area contributed by atoms with Gasteiger partial charge in [0.2, 0.25) is 5.91 Å². The van der Waals surface area contributed by atoms with Crippen LogP contribution >= 0.6 is 11.6 Å². The Labute approximate surface area is 139 Å². The van der Waals surface area contributed by atoms with Gasteiger partial charge in [-0.25, -0.2) is 0 Å². The molecule has 0 saturated carbocycles. The molecule has 1 heterocycles. The smallest absolute Gasteiger partial charge is 0.368 e. The van der Waals surface area contributed by atoms with Crippen molar-refractivity contribution in [3.63, 3.8) is 0 Å². The standard InChI is InChI=1S/C16H20ClF3N2O/c1-2-3-4-15(23)22-9-7-21(8-10-22)12-5-6-14(17)13(11-12)16(18,19)20/h5-6,11H,2-4,7-10H2,1H3. The first-order valence-corrected chi connectivity index (χ1v) is 8.10. The molecular weight excluding hydrogens is 329 g/mol. The van der Waals surface area contributed by atoms with Crippen molar-refractivity contribution in [2.24, 2.45) is 0 Å². The van der Waals surface area contributed by atoms with Crippen molar-refractivity contribution in [1.29, 1.82) is 0 Å². The monoisotopic (exact) mass is 348 g/mol. The molecule has 7 heteroatoms. The Morgan fingerprint density at radius 2 is 1.87 bits per heavy atom. The molecule has 1 saturated heterocycles. The summed E-state index contributed by atoms with van der Waals surface area (Å²) >= 11 is 5.64. The molecule has 0 bridgehead atoms. The van der Waals surface area contributed by atoms with Crippen LogP contribution in [0.5, 0.6) is 0 Å². The van der Waals surface area contributed by atoms with Crippen LogP contribution in [0.4, 0.5) is 18.9 Å². The number of halogens is 4. The highest BCUT2D eigenvalue weighted by Gasteiger charge is 2.34. The van der Waals surface area contributed by atoms with E-state index in [4.69, 9.17) is 11.6 Å². The molecule has 1 fully saturated rings. The van der Waals surface area contributed by atoms with Gasteiger partial charge in [-0.05, 0) is 24.6 Å². The first-order chi connectivity index (χ1) is 10.8. The topological polar surface area (TPSA) is 23.6 Å². The summed E-state index contributed by atoms with van der Waals surface area (Å²) in [6, 6.07) is 3.95. The van der Waals surface area contributed by atoms with Crippen LogP contribution in [0.2, 0.25) is 5.02 Å². The Bertz CT molecular complexity index is 555. The maximum Gasteiger partial charge on any atom is 0.417 e. The highest BCUT2D eigenvalue weighted by Crippen LogP contribution is 2.37. The van der Waals surface area contributed by atoms with Crippen LogP contribution in [0, 0.1) is 0 Å². The van der Waals surface area contributed by atoms with Gasteiger partial charge in [-0.1, -0.05) is 24.9 Å². The van der Waals surface area contributed by atoms with Crippen LogP contribution < -0.4 is 4.90 Å². The maximum absolute atomic E-state index is 12.9. The van der Waals surface area contributed by atoms with E-state index in [1.807, 2.05) is 11.8 Å². The summed E-state index contributed by atoms with van der Waals surface area (Å²) in [5, 5.41) is -0.297. The second-order valence-electron chi connectivity index (χ2n) is 5.63. The Morgan fingerprint density at radius 1 is 1.22 bits per heavy atom. The molecule has 1 aromatic rings. The number of amides is 1. The predicted octanol–water partition coefficient (Wildman–Crippen LogP) is 4.20. The molecule has 23 heavy (non-hydrogen) atoms. The fraction of sp³-hybridized carbons (Fsp3) is 0.562. The Kier molecular flexibility index (Phi) is 5.79. The van der Waals surface area contributed by atoms with Gasteiger partial charge in [0, 0.05) is 38.3 Å². The molecule has 0 aliphatic carbocycles. The summed E-state index contributed by atoms with van der Waals surface area (Å²) in [4.78, 5) is 15.6. The number of unbranched alkanes of at least 4 members (excludes halogenated alkanes) is 1. The van der Waals surface area contributed by atoms with Crippen molar-refractivity contribution in [2.45, 2.75) is 32.4 Å². The molecule has 1 aliphatic heterocycles. The van der Waals surface area contributed by atoms with E-state index in [0.717, 1.165) is 18.9 Å². The van der Waals surface area contributed by atoms with Gasteiger partial charge in [-0.3, -0.25) is 4.79 Å². The van der Waals surface area contributed by atoms with Gasteiger partial charge in [0.05, 0.1) is 10.6 Å². The van der Waals surface area contributed by atoms with E-state index >= 15 is 0 Å². The van der Waals surface area contributed by atoms with Crippen molar-refractivity contribution in [1.82, 2.24) is 4.90 Å². The molecule has 0 unspecified atom stereocenters. The van der Waals surface area contributed by atoms with Crippen molar-refractivity contribution < 1.29 is 18.0 Å². The predicted molar refractivity (Wildman–Crippen MR) is 84.8 cm³/mol. The van der Waals surface area contributed by atoms with Gasteiger partial charge in [0.15, 0.2) is 0 Å². The fourth-order valence-corrected chi connectivity index (χ4v) is 2.85. The summed E-state index contributed by atoms with van der Waals surface area (Å²) in [5.41, 5.74) is -0.333. The molecule has 128 valence electrons. The quantitative estimate of drug-likeness (QED) is 0.814. The lowest BCUT2D eigenvalue weighted by molar-refractivity contribution is -0.137. The molecule has 1 amide bonds. The number of anilines is 1. The minimum Gasteiger partial charge on any atom is -0.368 e. The molecule has 2 rings (SSSR count). The Morgan fingerprint density at radius 3 is 2.43 bits per heavy atom. The number of rotatable bonds is 4. The van der Waals surface area contributed by atoms with Crippen LogP contribution in [0.25, 0.3) is 0 Å². The van der Waals surface area contributed by atoms with Gasteiger partial charge in [0.1, 0.15) is 0 Å². The van der Waals surface area contributed by atoms with Gasteiger partial charge < -0.3 is 9.80 Å². The van der Waals surface area contributed by atoms with Crippen LogP contribution in [0.3, 0.4) is 0 Å². The lowest BCUT2D eigenvalue weighted by atomic mass is 10.1. The third-order valence-corrected chi connectivity index (χ3v) is 4.33. The molecule has 3 nitrogen and oxygen atoms in total. The lowest BCUT2D eigenvalue weighted by Gasteiger charge is -2.36. The average Bonchev–Trinajstić information content (AvgIpc) is 2.52. The zero-order valence-electron chi connectivity index (χ0n) is 13.0. The summed E-state index contributed by atoms with van der Waals surface area (Å²) < 4.78 is 38.8. The normalized spacial score (nSPS) is 15.9. The molecule has 0 radical (unpaired) electrons. The molecule has 0 aromatic heterocycles. The van der Waals surface area contributed by atoms with Gasteiger partial charge in [0.25, 0.3) is 0 Å². The van der Waals surface area contributed by atoms with Crippen LogP contribution in [0.15, 0.2) is 18.2 Å². The summed E-state index contributed by atoms with van der Waals surface area (Å²) in [5.74, 6) is 0.124. The second kappa shape index (κ2) is 7.43. The largest absolute Gasteiger partial charge is 0.417 e. The van der Waals surface area contributed by atoms with E-state index in [1.165, 1.54) is 6.07 Å². The van der Waals surface area contributed by atoms with E-state index in [1.54, 1.807) is 11.0 Å². The van der Waals surface area contributed by atoms with E-state index in [-0.39, 0.29) is 10.9 Å². The molecule has 0 atom stereocenters. The summed E-state index contributed by atoms with van der Waals surface area (Å²) in [6.07, 6.45) is -2.09. The molecule has 0 spiro atoms. The minimum absolute atomic E-state index is 0.124. The van der Waals surface area contributed by atoms with E-state index < -0.39 is 11.7 Å². The summed E-state index contributed by atoms with van der Waals surface area (Å²) in [7, 11) is 0. The third-order valence-electron chi connectivity index (χ3n) is 4.00. The first kappa shape index (κ1) is 17.9. The molecular formula is C16H20ClF3N2O. The number of carbonyl (C=O) groups is 1. The molecule has 1 aromatic carbocycles. The van der Waals surface area contributed by atoms with Gasteiger partial charge in [-0.15, -0.1) is 0 Å². The molecule has 0 N–H and O–H groups in total. The number of alkyl halides is 3. The van der Waals surface area contributed by atoms with Crippen molar-refractivity contribution >= 4 is 23.2 Å². The maximum atomic E-state index is 12.9. The Hall–Kier alpha value is -1.43. The number of piperazine rings is 1. The zero-order chi connectivity index (χ0) is 17.0. The average molecular weight is 349 g/mol. The SMILES string of the molecule is CCCCC(=O)N1CCN(c2ccc(Cl)c(C(F)(F)F)c2)CC1. The van der Waals surface area contributed by atoms with Gasteiger partial charge >= 0.3 is 6.18 Å². The van der Waals surface area contributed by atoms with Crippen molar-refractivity contribution in [2.75, 3.05) is 31.1 Å². The van der Waals surface area contributed by atoms with Gasteiger partial charge in [-0.2, -0.15) is 13.2 Å². The number of benzene rings is 1. The first-order valence-electron chi connectivity index (χ1n) is 7.72. The number of hydrogen-bond donors (Lipinski definition) is 0. The second-order valence-corrected chi connectivity index (χ2v) is 6.04. The van der Waals surface area contributed by atoms with Crippen LogP contribution in [-0.4, -0.2) is 37.0 Å². The van der Waals surface area contributed by atoms with E-state index in [9.17, 15) is 18.0 Å². The van der Waals surface area contributed by atoms with Crippen molar-refractivity contribution in [3.05, 3.63) is 28.8 Å². The molecule has 1 aliphatic rings. The van der Waals surface area contributed by atoms with E-state index in [2.05, 4.69) is 0 Å². The minimum atomic E-state index is -4.47. The lowest BCUT2D eigenvalue weighted by Crippen LogP contribution is -2.48. The number of carbonyl (C=O) groups excluding carboxylic acids is 1. The van der Waals surface area contributed by atoms with Crippen molar-refractivity contribution in [3.8, 4) is 0 Å². The highest BCUT2D eigenvalue weighted by atomic mass is 35.5. The highest BCUT2D eigenvalue weighted by molar-refractivity contribution is 6.31.